The summed E-state index contributed by atoms with van der Waals surface area (Å²) in [7, 11) is 0. The second-order valence-corrected chi connectivity index (χ2v) is 6.61. The normalized spacial score (nSPS) is 11.9. The van der Waals surface area contributed by atoms with E-state index in [4.69, 9.17) is 69.6 Å². The molecule has 0 fully saturated rings. The molecular formula is C14H5Cl6F3. The topological polar surface area (TPSA) is 0 Å². The van der Waals surface area contributed by atoms with Crippen molar-refractivity contribution in [1.29, 1.82) is 0 Å². The number of alkyl halides is 4. The highest BCUT2D eigenvalue weighted by Crippen LogP contribution is 2.48. The number of hydrogen-bond donors (Lipinski definition) is 0. The Morgan fingerprint density at radius 3 is 1.70 bits per heavy atom. The summed E-state index contributed by atoms with van der Waals surface area (Å²) in [5.41, 5.74) is -0.474. The van der Waals surface area contributed by atoms with Crippen LogP contribution < -0.4 is 0 Å². The lowest BCUT2D eigenvalue weighted by atomic mass is 9.99. The number of hydrogen-bond acceptors (Lipinski definition) is 0. The molecule has 124 valence electrons. The van der Waals surface area contributed by atoms with E-state index in [1.54, 1.807) is 0 Å². The summed E-state index contributed by atoms with van der Waals surface area (Å²) < 4.78 is 38.8. The Bertz CT molecular complexity index is 741. The summed E-state index contributed by atoms with van der Waals surface area (Å²) in [5, 5.41) is -0.121. The standard InChI is InChI=1S/C14H5Cl6F3/c15-4-6-3-5(1-2-7(6)14(21,22)23)8-9(16)11(18)13(20)12(19)10(8)17/h1-3H,4H2. The molecule has 0 aliphatic rings. The molecule has 0 N–H and O–H groups in total. The molecule has 0 bridgehead atoms. The SMILES string of the molecule is FC(F)(F)c1ccc(-c2c(Cl)c(Cl)c(Cl)c(Cl)c2Cl)cc1CCl. The molecule has 0 amide bonds. The zero-order chi connectivity index (χ0) is 17.5. The van der Waals surface area contributed by atoms with E-state index < -0.39 is 11.7 Å². The molecule has 0 aliphatic heterocycles. The van der Waals surface area contributed by atoms with Crippen LogP contribution in [0.25, 0.3) is 11.1 Å². The maximum absolute atomic E-state index is 12.9. The van der Waals surface area contributed by atoms with Gasteiger partial charge in [-0.15, -0.1) is 11.6 Å². The maximum Gasteiger partial charge on any atom is 0.416 e. The molecule has 0 saturated carbocycles. The summed E-state index contributed by atoms with van der Waals surface area (Å²) in [5.74, 6) is -0.340. The molecule has 0 aliphatic carbocycles. The molecule has 0 saturated heterocycles. The molecule has 2 rings (SSSR count). The van der Waals surface area contributed by atoms with Crippen molar-refractivity contribution in [3.05, 3.63) is 54.4 Å². The fourth-order valence-electron chi connectivity index (χ4n) is 1.99. The van der Waals surface area contributed by atoms with Crippen LogP contribution in [0.4, 0.5) is 13.2 Å². The summed E-state index contributed by atoms with van der Waals surface area (Å²) in [6, 6.07) is 3.35. The van der Waals surface area contributed by atoms with Crippen LogP contribution in [0.3, 0.4) is 0 Å². The lowest BCUT2D eigenvalue weighted by Gasteiger charge is -2.16. The zero-order valence-corrected chi connectivity index (χ0v) is 15.4. The molecule has 0 radical (unpaired) electrons. The van der Waals surface area contributed by atoms with E-state index in [-0.39, 0.29) is 42.1 Å². The van der Waals surface area contributed by atoms with E-state index in [1.165, 1.54) is 12.1 Å². The highest BCUT2D eigenvalue weighted by atomic mass is 35.5. The smallest absolute Gasteiger partial charge is 0.166 e. The average molecular weight is 443 g/mol. The largest absolute Gasteiger partial charge is 0.416 e. The zero-order valence-electron chi connectivity index (χ0n) is 10.8. The Morgan fingerprint density at radius 1 is 0.783 bits per heavy atom. The molecule has 2 aromatic rings. The van der Waals surface area contributed by atoms with Crippen LogP contribution in [0, 0.1) is 0 Å². The van der Waals surface area contributed by atoms with Crippen molar-refractivity contribution in [3.63, 3.8) is 0 Å². The summed E-state index contributed by atoms with van der Waals surface area (Å²) in [6.07, 6.45) is -4.52. The quantitative estimate of drug-likeness (QED) is 0.249. The van der Waals surface area contributed by atoms with Crippen LogP contribution in [0.15, 0.2) is 18.2 Å². The van der Waals surface area contributed by atoms with E-state index in [9.17, 15) is 13.2 Å². The molecular weight excluding hydrogens is 438 g/mol. The van der Waals surface area contributed by atoms with Crippen LogP contribution in [-0.4, -0.2) is 0 Å². The number of rotatable bonds is 2. The fraction of sp³-hybridized carbons (Fsp3) is 0.143. The first kappa shape index (κ1) is 19.3. The van der Waals surface area contributed by atoms with E-state index >= 15 is 0 Å². The average Bonchev–Trinajstić information content (AvgIpc) is 2.50. The van der Waals surface area contributed by atoms with Crippen LogP contribution in [0.5, 0.6) is 0 Å². The Balaban J connectivity index is 2.74. The first-order chi connectivity index (χ1) is 10.6. The number of benzene rings is 2. The van der Waals surface area contributed by atoms with Gasteiger partial charge >= 0.3 is 6.18 Å². The van der Waals surface area contributed by atoms with Gasteiger partial charge in [0, 0.05) is 11.4 Å². The molecule has 9 heteroatoms. The Labute approximate surface area is 160 Å². The molecule has 0 nitrogen and oxygen atoms in total. The van der Waals surface area contributed by atoms with Crippen LogP contribution in [0.2, 0.25) is 25.1 Å². The lowest BCUT2D eigenvalue weighted by Crippen LogP contribution is -2.08. The van der Waals surface area contributed by atoms with Gasteiger partial charge in [-0.05, 0) is 23.3 Å². The summed E-state index contributed by atoms with van der Waals surface area (Å²) >= 11 is 35.7. The van der Waals surface area contributed by atoms with E-state index in [2.05, 4.69) is 0 Å². The molecule has 0 atom stereocenters. The maximum atomic E-state index is 12.9. The highest BCUT2D eigenvalue weighted by molar-refractivity contribution is 6.56. The van der Waals surface area contributed by atoms with Crippen molar-refractivity contribution in [2.75, 3.05) is 0 Å². The van der Waals surface area contributed by atoms with Gasteiger partial charge in [-0.1, -0.05) is 64.1 Å². The Morgan fingerprint density at radius 2 is 1.26 bits per heavy atom. The van der Waals surface area contributed by atoms with Gasteiger partial charge in [0.1, 0.15) is 0 Å². The van der Waals surface area contributed by atoms with Gasteiger partial charge in [-0.3, -0.25) is 0 Å². The van der Waals surface area contributed by atoms with Crippen LogP contribution >= 0.6 is 69.6 Å². The number of halogens is 9. The van der Waals surface area contributed by atoms with Crippen LogP contribution in [0.1, 0.15) is 11.1 Å². The van der Waals surface area contributed by atoms with E-state index in [0.717, 1.165) is 6.07 Å². The van der Waals surface area contributed by atoms with Gasteiger partial charge in [-0.2, -0.15) is 13.2 Å². The molecule has 2 aromatic carbocycles. The fourth-order valence-corrected chi connectivity index (χ4v) is 3.57. The van der Waals surface area contributed by atoms with Crippen molar-refractivity contribution < 1.29 is 13.2 Å². The van der Waals surface area contributed by atoms with Crippen molar-refractivity contribution in [2.24, 2.45) is 0 Å². The first-order valence-electron chi connectivity index (χ1n) is 5.87. The van der Waals surface area contributed by atoms with E-state index in [0.29, 0.717) is 5.56 Å². The molecule has 0 spiro atoms. The summed E-state index contributed by atoms with van der Waals surface area (Å²) in [6.45, 7) is 0. The van der Waals surface area contributed by atoms with Crippen molar-refractivity contribution in [2.45, 2.75) is 12.1 Å². The molecule has 0 unspecified atom stereocenters. The molecule has 23 heavy (non-hydrogen) atoms. The minimum atomic E-state index is -4.52. The van der Waals surface area contributed by atoms with Crippen molar-refractivity contribution in [1.82, 2.24) is 0 Å². The van der Waals surface area contributed by atoms with Crippen molar-refractivity contribution >= 4 is 69.6 Å². The Hall–Kier alpha value is -0.0300. The third-order valence-corrected chi connectivity index (χ3v) is 5.62. The van der Waals surface area contributed by atoms with Gasteiger partial charge in [0.05, 0.1) is 30.7 Å². The van der Waals surface area contributed by atoms with Gasteiger partial charge < -0.3 is 0 Å². The van der Waals surface area contributed by atoms with Crippen LogP contribution in [-0.2, 0) is 12.1 Å². The lowest BCUT2D eigenvalue weighted by molar-refractivity contribution is -0.138. The van der Waals surface area contributed by atoms with Gasteiger partial charge in [0.2, 0.25) is 0 Å². The monoisotopic (exact) mass is 440 g/mol. The predicted molar refractivity (Wildman–Crippen MR) is 91.5 cm³/mol. The predicted octanol–water partition coefficient (Wildman–Crippen LogP) is 8.38. The third-order valence-electron chi connectivity index (χ3n) is 3.05. The summed E-state index contributed by atoms with van der Waals surface area (Å²) in [4.78, 5) is 0. The minimum absolute atomic E-state index is 0.00801. The second-order valence-electron chi connectivity index (χ2n) is 4.45. The molecule has 0 heterocycles. The van der Waals surface area contributed by atoms with Gasteiger partial charge in [-0.25, -0.2) is 0 Å². The molecule has 0 aromatic heterocycles. The third kappa shape index (κ3) is 3.65. The minimum Gasteiger partial charge on any atom is -0.166 e. The van der Waals surface area contributed by atoms with Crippen molar-refractivity contribution in [3.8, 4) is 11.1 Å². The Kier molecular flexibility index (Phi) is 5.93. The second kappa shape index (κ2) is 7.07. The van der Waals surface area contributed by atoms with E-state index in [1.807, 2.05) is 0 Å². The van der Waals surface area contributed by atoms with Gasteiger partial charge in [0.25, 0.3) is 0 Å². The first-order valence-corrected chi connectivity index (χ1v) is 8.30. The highest BCUT2D eigenvalue weighted by Gasteiger charge is 2.33. The van der Waals surface area contributed by atoms with Gasteiger partial charge in [0.15, 0.2) is 0 Å².